The third kappa shape index (κ3) is 1.17. The summed E-state index contributed by atoms with van der Waals surface area (Å²) >= 11 is 0. The first-order valence-electron chi connectivity index (χ1n) is 4.32. The van der Waals surface area contributed by atoms with Crippen LogP contribution in [0.4, 0.5) is 0 Å². The maximum Gasteiger partial charge on any atom is 0.139 e. The summed E-state index contributed by atoms with van der Waals surface area (Å²) < 4.78 is 5.10. The molecule has 1 aliphatic carbocycles. The number of aryl methyl sites for hydroxylation is 1. The molecular formula is C9H13NO. The molecule has 0 saturated carbocycles. The quantitative estimate of drug-likeness (QED) is 0.615. The van der Waals surface area contributed by atoms with Gasteiger partial charge in [0.25, 0.3) is 0 Å². The Morgan fingerprint density at radius 3 is 3.45 bits per heavy atom. The summed E-state index contributed by atoms with van der Waals surface area (Å²) in [6.07, 6.45) is 6.70. The smallest absolute Gasteiger partial charge is 0.139 e. The zero-order chi connectivity index (χ0) is 7.68. The van der Waals surface area contributed by atoms with Gasteiger partial charge in [-0.2, -0.15) is 0 Å². The highest BCUT2D eigenvalue weighted by atomic mass is 16.5. The van der Waals surface area contributed by atoms with Crippen molar-refractivity contribution in [2.75, 3.05) is 0 Å². The molecule has 2 heteroatoms. The number of hydrogen-bond donors (Lipinski definition) is 0. The Morgan fingerprint density at radius 2 is 2.64 bits per heavy atom. The van der Waals surface area contributed by atoms with E-state index in [9.17, 15) is 0 Å². The minimum atomic E-state index is 0.863. The van der Waals surface area contributed by atoms with Crippen LogP contribution in [0.2, 0.25) is 0 Å². The van der Waals surface area contributed by atoms with E-state index < -0.39 is 0 Å². The summed E-state index contributed by atoms with van der Waals surface area (Å²) in [7, 11) is 0. The second-order valence-electron chi connectivity index (χ2n) is 3.29. The zero-order valence-corrected chi connectivity index (χ0v) is 6.84. The Kier molecular flexibility index (Phi) is 1.68. The number of aromatic nitrogens is 1. The zero-order valence-electron chi connectivity index (χ0n) is 6.84. The van der Waals surface area contributed by atoms with Crippen LogP contribution in [0, 0.1) is 5.92 Å². The van der Waals surface area contributed by atoms with Crippen LogP contribution in [0.5, 0.6) is 0 Å². The van der Waals surface area contributed by atoms with Crippen molar-refractivity contribution in [2.45, 2.75) is 32.6 Å². The predicted molar refractivity (Wildman–Crippen MR) is 42.3 cm³/mol. The molecule has 0 amide bonds. The molecule has 0 saturated heterocycles. The first-order valence-corrected chi connectivity index (χ1v) is 4.32. The molecule has 0 bridgehead atoms. The van der Waals surface area contributed by atoms with Crippen molar-refractivity contribution in [3.63, 3.8) is 0 Å². The molecule has 11 heavy (non-hydrogen) atoms. The van der Waals surface area contributed by atoms with Gasteiger partial charge in [-0.3, -0.25) is 0 Å². The summed E-state index contributed by atoms with van der Waals surface area (Å²) in [4.78, 5) is 0. The Morgan fingerprint density at radius 1 is 1.73 bits per heavy atom. The predicted octanol–water partition coefficient (Wildman–Crippen LogP) is 2.19. The molecule has 0 spiro atoms. The maximum absolute atomic E-state index is 5.10. The monoisotopic (exact) mass is 151 g/mol. The molecule has 1 aromatic heterocycles. The van der Waals surface area contributed by atoms with Crippen molar-refractivity contribution < 1.29 is 4.52 Å². The summed E-state index contributed by atoms with van der Waals surface area (Å²) in [5.74, 6) is 1.98. The highest BCUT2D eigenvalue weighted by Gasteiger charge is 2.19. The van der Waals surface area contributed by atoms with E-state index in [2.05, 4.69) is 12.1 Å². The van der Waals surface area contributed by atoms with Crippen LogP contribution in [-0.2, 0) is 12.8 Å². The number of nitrogens with zero attached hydrogens (tertiary/aromatic N) is 1. The van der Waals surface area contributed by atoms with Gasteiger partial charge in [0.2, 0.25) is 0 Å². The third-order valence-corrected chi connectivity index (χ3v) is 2.60. The third-order valence-electron chi connectivity index (χ3n) is 2.60. The summed E-state index contributed by atoms with van der Waals surface area (Å²) in [6, 6.07) is 0. The van der Waals surface area contributed by atoms with E-state index in [0.717, 1.165) is 18.1 Å². The van der Waals surface area contributed by atoms with Crippen molar-refractivity contribution >= 4 is 0 Å². The van der Waals surface area contributed by atoms with Gasteiger partial charge in [-0.05, 0) is 18.8 Å². The Hall–Kier alpha value is -0.790. The van der Waals surface area contributed by atoms with E-state index in [-0.39, 0.29) is 0 Å². The molecule has 60 valence electrons. The van der Waals surface area contributed by atoms with Gasteiger partial charge in [-0.15, -0.1) is 0 Å². The van der Waals surface area contributed by atoms with Gasteiger partial charge in [0, 0.05) is 12.0 Å². The molecule has 1 atom stereocenters. The van der Waals surface area contributed by atoms with Crippen LogP contribution >= 0.6 is 0 Å². The summed E-state index contributed by atoms with van der Waals surface area (Å²) in [5, 5.41) is 3.80. The molecule has 0 fully saturated rings. The SMILES string of the molecule is CCC1CCc2oncc2C1. The first kappa shape index (κ1) is 6.89. The molecule has 2 rings (SSSR count). The van der Waals surface area contributed by atoms with Crippen LogP contribution in [-0.4, -0.2) is 5.16 Å². The van der Waals surface area contributed by atoms with Crippen LogP contribution in [0.15, 0.2) is 10.7 Å². The molecule has 0 radical (unpaired) electrons. The highest BCUT2D eigenvalue weighted by molar-refractivity contribution is 5.17. The van der Waals surface area contributed by atoms with Crippen molar-refractivity contribution in [1.29, 1.82) is 0 Å². The van der Waals surface area contributed by atoms with Crippen molar-refractivity contribution in [1.82, 2.24) is 5.16 Å². The lowest BCUT2D eigenvalue weighted by atomic mass is 9.87. The first-order chi connectivity index (χ1) is 5.40. The fourth-order valence-electron chi connectivity index (χ4n) is 1.75. The summed E-state index contributed by atoms with van der Waals surface area (Å²) in [6.45, 7) is 2.25. The molecule has 1 heterocycles. The Bertz CT molecular complexity index is 241. The number of rotatable bonds is 1. The Balaban J connectivity index is 2.18. The van der Waals surface area contributed by atoms with E-state index in [0.29, 0.717) is 0 Å². The molecule has 0 aromatic carbocycles. The maximum atomic E-state index is 5.10. The number of fused-ring (bicyclic) bond motifs is 1. The fraction of sp³-hybridized carbons (Fsp3) is 0.667. The van der Waals surface area contributed by atoms with Crippen molar-refractivity contribution in [2.24, 2.45) is 5.92 Å². The van der Waals surface area contributed by atoms with E-state index in [1.54, 1.807) is 0 Å². The second kappa shape index (κ2) is 2.68. The highest BCUT2D eigenvalue weighted by Crippen LogP contribution is 2.26. The largest absolute Gasteiger partial charge is 0.361 e. The van der Waals surface area contributed by atoms with Gasteiger partial charge in [0.05, 0.1) is 6.20 Å². The molecule has 1 aromatic rings. The number of hydrogen-bond acceptors (Lipinski definition) is 2. The molecule has 1 unspecified atom stereocenters. The Labute approximate surface area is 66.6 Å². The lowest BCUT2D eigenvalue weighted by molar-refractivity contribution is 0.345. The molecule has 1 aliphatic rings. The minimum Gasteiger partial charge on any atom is -0.361 e. The summed E-state index contributed by atoms with van der Waals surface area (Å²) in [5.41, 5.74) is 1.34. The van der Waals surface area contributed by atoms with Crippen molar-refractivity contribution in [3.8, 4) is 0 Å². The lowest BCUT2D eigenvalue weighted by Crippen LogP contribution is -2.11. The molecule has 0 aliphatic heterocycles. The lowest BCUT2D eigenvalue weighted by Gasteiger charge is -2.17. The molecular weight excluding hydrogens is 138 g/mol. The van der Waals surface area contributed by atoms with Gasteiger partial charge in [-0.25, -0.2) is 0 Å². The molecule has 0 N–H and O–H groups in total. The van der Waals surface area contributed by atoms with Crippen LogP contribution in [0.25, 0.3) is 0 Å². The van der Waals surface area contributed by atoms with Gasteiger partial charge >= 0.3 is 0 Å². The normalized spacial score (nSPS) is 23.2. The van der Waals surface area contributed by atoms with Gasteiger partial charge in [0.15, 0.2) is 0 Å². The minimum absolute atomic E-state index is 0.863. The van der Waals surface area contributed by atoms with Gasteiger partial charge in [-0.1, -0.05) is 18.5 Å². The average molecular weight is 151 g/mol. The molecule has 2 nitrogen and oxygen atoms in total. The van der Waals surface area contributed by atoms with E-state index >= 15 is 0 Å². The van der Waals surface area contributed by atoms with E-state index in [1.165, 1.54) is 24.8 Å². The van der Waals surface area contributed by atoms with E-state index in [4.69, 9.17) is 4.52 Å². The van der Waals surface area contributed by atoms with Crippen LogP contribution in [0.3, 0.4) is 0 Å². The standard InChI is InChI=1S/C9H13NO/c1-2-7-3-4-9-8(5-7)6-10-11-9/h6-7H,2-5H2,1H3. The van der Waals surface area contributed by atoms with Crippen LogP contribution < -0.4 is 0 Å². The fourth-order valence-corrected chi connectivity index (χ4v) is 1.75. The second-order valence-corrected chi connectivity index (χ2v) is 3.29. The van der Waals surface area contributed by atoms with Crippen molar-refractivity contribution in [3.05, 3.63) is 17.5 Å². The van der Waals surface area contributed by atoms with E-state index in [1.807, 2.05) is 6.20 Å². The van der Waals surface area contributed by atoms with Gasteiger partial charge < -0.3 is 4.52 Å². The topological polar surface area (TPSA) is 26.0 Å². The van der Waals surface area contributed by atoms with Gasteiger partial charge in [0.1, 0.15) is 5.76 Å². The average Bonchev–Trinajstić information content (AvgIpc) is 2.50. The van der Waals surface area contributed by atoms with Crippen LogP contribution in [0.1, 0.15) is 31.1 Å².